The quantitative estimate of drug-likeness (QED) is 0.661. The molecular weight excluding hydrogens is 266 g/mol. The van der Waals surface area contributed by atoms with Gasteiger partial charge in [0, 0.05) is 10.8 Å². The number of fused-ring (bicyclic) bond motifs is 1. The van der Waals surface area contributed by atoms with Gasteiger partial charge in [-0.25, -0.2) is 0 Å². The maximum atomic E-state index is 5.21. The second-order valence-corrected chi connectivity index (χ2v) is 7.20. The standard InChI is InChI=1S/C21H31N/c1-10-21(9,11-2)20-17(8)15(6)18-14(5)12(3)13(4)16(7)19(18)22-20/h10-11H2,1-9H3. The lowest BCUT2D eigenvalue weighted by Gasteiger charge is -2.30. The van der Waals surface area contributed by atoms with Gasteiger partial charge in [-0.2, -0.15) is 0 Å². The van der Waals surface area contributed by atoms with Gasteiger partial charge in [-0.3, -0.25) is 4.98 Å². The van der Waals surface area contributed by atoms with Gasteiger partial charge in [0.2, 0.25) is 0 Å². The van der Waals surface area contributed by atoms with E-state index >= 15 is 0 Å². The minimum Gasteiger partial charge on any atom is -0.252 e. The molecule has 0 radical (unpaired) electrons. The lowest BCUT2D eigenvalue weighted by molar-refractivity contribution is 0.424. The summed E-state index contributed by atoms with van der Waals surface area (Å²) in [7, 11) is 0. The maximum Gasteiger partial charge on any atom is 0.0743 e. The topological polar surface area (TPSA) is 12.9 Å². The third kappa shape index (κ3) is 2.26. The number of hydrogen-bond acceptors (Lipinski definition) is 1. The molecule has 22 heavy (non-hydrogen) atoms. The van der Waals surface area contributed by atoms with Crippen molar-refractivity contribution in [3.8, 4) is 0 Å². The van der Waals surface area contributed by atoms with E-state index in [0.717, 1.165) is 12.8 Å². The summed E-state index contributed by atoms with van der Waals surface area (Å²) < 4.78 is 0. The Morgan fingerprint density at radius 1 is 0.682 bits per heavy atom. The van der Waals surface area contributed by atoms with Gasteiger partial charge < -0.3 is 0 Å². The Kier molecular flexibility index (Phi) is 4.39. The number of hydrogen-bond donors (Lipinski definition) is 0. The van der Waals surface area contributed by atoms with Crippen molar-refractivity contribution in [2.45, 2.75) is 80.6 Å². The van der Waals surface area contributed by atoms with E-state index in [1.54, 1.807) is 0 Å². The number of aromatic nitrogens is 1. The van der Waals surface area contributed by atoms with Crippen molar-refractivity contribution >= 4 is 10.9 Å². The molecule has 0 saturated carbocycles. The molecule has 1 aromatic carbocycles. The van der Waals surface area contributed by atoms with E-state index in [1.165, 1.54) is 50.0 Å². The Hall–Kier alpha value is -1.37. The third-order valence-electron chi connectivity index (χ3n) is 6.30. The molecule has 0 aliphatic carbocycles. The summed E-state index contributed by atoms with van der Waals surface area (Å²) in [6.07, 6.45) is 2.26. The zero-order chi connectivity index (χ0) is 16.8. The molecule has 0 N–H and O–H groups in total. The van der Waals surface area contributed by atoms with Crippen LogP contribution in [0, 0.1) is 41.5 Å². The SMILES string of the molecule is CCC(C)(CC)c1nc2c(C)c(C)c(C)c(C)c2c(C)c1C. The average Bonchev–Trinajstić information content (AvgIpc) is 2.52. The summed E-state index contributed by atoms with van der Waals surface area (Å²) >= 11 is 0. The highest BCUT2D eigenvalue weighted by molar-refractivity contribution is 5.91. The Labute approximate surface area is 136 Å². The van der Waals surface area contributed by atoms with Crippen LogP contribution in [-0.2, 0) is 5.41 Å². The molecule has 0 amide bonds. The highest BCUT2D eigenvalue weighted by Crippen LogP contribution is 2.38. The zero-order valence-corrected chi connectivity index (χ0v) is 15.9. The summed E-state index contributed by atoms with van der Waals surface area (Å²) in [5.41, 5.74) is 11.0. The average molecular weight is 297 g/mol. The number of benzene rings is 1. The minimum absolute atomic E-state index is 0.169. The van der Waals surface area contributed by atoms with E-state index in [0.29, 0.717) is 0 Å². The molecule has 0 saturated heterocycles. The molecule has 0 aliphatic heterocycles. The third-order valence-corrected chi connectivity index (χ3v) is 6.30. The van der Waals surface area contributed by atoms with Crippen molar-refractivity contribution in [1.29, 1.82) is 0 Å². The first-order chi connectivity index (χ1) is 10.2. The van der Waals surface area contributed by atoms with Crippen LogP contribution in [0.1, 0.15) is 72.7 Å². The predicted octanol–water partition coefficient (Wildman–Crippen LogP) is 6.16. The van der Waals surface area contributed by atoms with Gasteiger partial charge in [-0.1, -0.05) is 20.8 Å². The van der Waals surface area contributed by atoms with Crippen LogP contribution in [0.4, 0.5) is 0 Å². The molecular formula is C21H31N. The Morgan fingerprint density at radius 3 is 1.64 bits per heavy atom. The van der Waals surface area contributed by atoms with Gasteiger partial charge in [0.05, 0.1) is 11.2 Å². The zero-order valence-electron chi connectivity index (χ0n) is 15.9. The Balaban J connectivity index is 3.00. The summed E-state index contributed by atoms with van der Waals surface area (Å²) in [5.74, 6) is 0. The van der Waals surface area contributed by atoms with Crippen molar-refractivity contribution in [2.24, 2.45) is 0 Å². The van der Waals surface area contributed by atoms with Crippen LogP contribution in [0.15, 0.2) is 0 Å². The van der Waals surface area contributed by atoms with Crippen molar-refractivity contribution in [2.75, 3.05) is 0 Å². The molecule has 1 heterocycles. The number of nitrogens with zero attached hydrogens (tertiary/aromatic N) is 1. The van der Waals surface area contributed by atoms with Gasteiger partial charge in [0.1, 0.15) is 0 Å². The fraction of sp³-hybridized carbons (Fsp3) is 0.571. The number of aryl methyl sites for hydroxylation is 3. The second-order valence-electron chi connectivity index (χ2n) is 7.20. The van der Waals surface area contributed by atoms with E-state index in [-0.39, 0.29) is 5.41 Å². The van der Waals surface area contributed by atoms with E-state index in [2.05, 4.69) is 62.3 Å². The molecule has 0 atom stereocenters. The monoisotopic (exact) mass is 297 g/mol. The first-order valence-electron chi connectivity index (χ1n) is 8.57. The van der Waals surface area contributed by atoms with Crippen LogP contribution >= 0.6 is 0 Å². The summed E-state index contributed by atoms with van der Waals surface area (Å²) in [4.78, 5) is 5.21. The Bertz CT molecular complexity index is 734. The van der Waals surface area contributed by atoms with Gasteiger partial charge in [0.25, 0.3) is 0 Å². The lowest BCUT2D eigenvalue weighted by Crippen LogP contribution is -2.23. The molecule has 0 unspecified atom stereocenters. The van der Waals surface area contributed by atoms with Gasteiger partial charge in [-0.15, -0.1) is 0 Å². The number of rotatable bonds is 3. The van der Waals surface area contributed by atoms with Crippen LogP contribution in [0.2, 0.25) is 0 Å². The summed E-state index contributed by atoms with van der Waals surface area (Å²) in [6.45, 7) is 20.4. The molecule has 2 rings (SSSR count). The first-order valence-corrected chi connectivity index (χ1v) is 8.57. The van der Waals surface area contributed by atoms with Gasteiger partial charge in [-0.05, 0) is 87.8 Å². The lowest BCUT2D eigenvalue weighted by atomic mass is 9.77. The van der Waals surface area contributed by atoms with E-state index in [1.807, 2.05) is 0 Å². The van der Waals surface area contributed by atoms with Crippen LogP contribution in [0.25, 0.3) is 10.9 Å². The van der Waals surface area contributed by atoms with Gasteiger partial charge >= 0.3 is 0 Å². The first kappa shape index (κ1) is 17.0. The molecule has 1 nitrogen and oxygen atoms in total. The molecule has 2 aromatic rings. The molecule has 0 aliphatic rings. The fourth-order valence-electron chi connectivity index (χ4n) is 3.62. The van der Waals surface area contributed by atoms with Crippen molar-refractivity contribution < 1.29 is 0 Å². The number of pyridine rings is 1. The maximum absolute atomic E-state index is 5.21. The van der Waals surface area contributed by atoms with Crippen LogP contribution in [0.3, 0.4) is 0 Å². The second kappa shape index (κ2) is 5.68. The largest absolute Gasteiger partial charge is 0.252 e. The van der Waals surface area contributed by atoms with Crippen LogP contribution < -0.4 is 0 Å². The molecule has 0 spiro atoms. The van der Waals surface area contributed by atoms with Gasteiger partial charge in [0.15, 0.2) is 0 Å². The van der Waals surface area contributed by atoms with Crippen LogP contribution in [-0.4, -0.2) is 4.98 Å². The highest BCUT2D eigenvalue weighted by Gasteiger charge is 2.28. The minimum atomic E-state index is 0.169. The summed E-state index contributed by atoms with van der Waals surface area (Å²) in [5, 5.41) is 1.37. The Morgan fingerprint density at radius 2 is 1.14 bits per heavy atom. The molecule has 1 aromatic heterocycles. The van der Waals surface area contributed by atoms with Crippen molar-refractivity contribution in [1.82, 2.24) is 4.98 Å². The van der Waals surface area contributed by atoms with Crippen molar-refractivity contribution in [3.05, 3.63) is 39.1 Å². The summed E-state index contributed by atoms with van der Waals surface area (Å²) in [6, 6.07) is 0. The molecule has 120 valence electrons. The highest BCUT2D eigenvalue weighted by atomic mass is 14.7. The van der Waals surface area contributed by atoms with Crippen molar-refractivity contribution in [3.63, 3.8) is 0 Å². The van der Waals surface area contributed by atoms with E-state index in [9.17, 15) is 0 Å². The van der Waals surface area contributed by atoms with E-state index < -0.39 is 0 Å². The van der Waals surface area contributed by atoms with Crippen LogP contribution in [0.5, 0.6) is 0 Å². The smallest absolute Gasteiger partial charge is 0.0743 e. The van der Waals surface area contributed by atoms with E-state index in [4.69, 9.17) is 4.98 Å². The normalized spacial score (nSPS) is 12.2. The molecule has 0 bridgehead atoms. The predicted molar refractivity (Wildman–Crippen MR) is 98.1 cm³/mol. The molecule has 1 heteroatoms. The molecule has 0 fully saturated rings. The fourth-order valence-corrected chi connectivity index (χ4v) is 3.62.